The molecule has 0 aliphatic carbocycles. The SMILES string of the molecule is CCOC(CC)c1noc(-c2cccc(Cl)c2N)n1. The van der Waals surface area contributed by atoms with Crippen molar-refractivity contribution in [2.45, 2.75) is 26.4 Å². The molecule has 0 aliphatic heterocycles. The van der Waals surface area contributed by atoms with E-state index in [-0.39, 0.29) is 6.10 Å². The summed E-state index contributed by atoms with van der Waals surface area (Å²) in [5.74, 6) is 0.881. The minimum atomic E-state index is -0.164. The molecule has 2 N–H and O–H groups in total. The van der Waals surface area contributed by atoms with Gasteiger partial charge >= 0.3 is 0 Å². The molecule has 0 saturated carbocycles. The van der Waals surface area contributed by atoms with E-state index in [1.807, 2.05) is 13.8 Å². The molecular weight excluding hydrogens is 266 g/mol. The molecule has 5 nitrogen and oxygen atoms in total. The van der Waals surface area contributed by atoms with Crippen LogP contribution in [0.1, 0.15) is 32.2 Å². The molecule has 0 radical (unpaired) electrons. The number of nitrogens with zero attached hydrogens (tertiary/aromatic N) is 2. The van der Waals surface area contributed by atoms with Gasteiger partial charge in [-0.1, -0.05) is 29.7 Å². The van der Waals surface area contributed by atoms with Crippen LogP contribution in [0, 0.1) is 0 Å². The molecular formula is C13H16ClN3O2. The first-order valence-electron chi connectivity index (χ1n) is 6.16. The highest BCUT2D eigenvalue weighted by Gasteiger charge is 2.19. The molecule has 102 valence electrons. The lowest BCUT2D eigenvalue weighted by atomic mass is 10.2. The van der Waals surface area contributed by atoms with Crippen LogP contribution < -0.4 is 5.73 Å². The molecule has 2 rings (SSSR count). The Balaban J connectivity index is 2.32. The van der Waals surface area contributed by atoms with Gasteiger partial charge in [0.05, 0.1) is 16.3 Å². The average Bonchev–Trinajstić information content (AvgIpc) is 2.88. The van der Waals surface area contributed by atoms with Crippen molar-refractivity contribution < 1.29 is 9.26 Å². The zero-order valence-electron chi connectivity index (χ0n) is 10.9. The second-order valence-electron chi connectivity index (χ2n) is 4.01. The van der Waals surface area contributed by atoms with Crippen molar-refractivity contribution >= 4 is 17.3 Å². The van der Waals surface area contributed by atoms with E-state index in [4.69, 9.17) is 26.6 Å². The summed E-state index contributed by atoms with van der Waals surface area (Å²) in [6, 6.07) is 5.30. The zero-order chi connectivity index (χ0) is 13.8. The third kappa shape index (κ3) is 2.88. The highest BCUT2D eigenvalue weighted by atomic mass is 35.5. The van der Waals surface area contributed by atoms with Crippen LogP contribution in [0.25, 0.3) is 11.5 Å². The van der Waals surface area contributed by atoms with Gasteiger partial charge in [0.2, 0.25) is 5.82 Å². The molecule has 0 spiro atoms. The molecule has 0 fully saturated rings. The molecule has 2 aromatic rings. The molecule has 0 bridgehead atoms. The highest BCUT2D eigenvalue weighted by Crippen LogP contribution is 2.31. The van der Waals surface area contributed by atoms with Crippen LogP contribution in [0.2, 0.25) is 5.02 Å². The van der Waals surface area contributed by atoms with Gasteiger partial charge in [0.1, 0.15) is 6.10 Å². The van der Waals surface area contributed by atoms with Crippen LogP contribution in [0.4, 0.5) is 5.69 Å². The maximum Gasteiger partial charge on any atom is 0.260 e. The third-order valence-electron chi connectivity index (χ3n) is 2.75. The van der Waals surface area contributed by atoms with Crippen LogP contribution in [-0.2, 0) is 4.74 Å². The Morgan fingerprint density at radius 1 is 1.42 bits per heavy atom. The quantitative estimate of drug-likeness (QED) is 0.850. The van der Waals surface area contributed by atoms with E-state index >= 15 is 0 Å². The van der Waals surface area contributed by atoms with Crippen molar-refractivity contribution in [1.82, 2.24) is 10.1 Å². The Hall–Kier alpha value is -1.59. The van der Waals surface area contributed by atoms with Crippen molar-refractivity contribution in [3.05, 3.63) is 29.0 Å². The summed E-state index contributed by atoms with van der Waals surface area (Å²) in [6.45, 7) is 4.53. The predicted molar refractivity (Wildman–Crippen MR) is 73.8 cm³/mol. The Morgan fingerprint density at radius 3 is 2.89 bits per heavy atom. The Labute approximate surface area is 116 Å². The zero-order valence-corrected chi connectivity index (χ0v) is 11.6. The van der Waals surface area contributed by atoms with Crippen LogP contribution in [0.5, 0.6) is 0 Å². The van der Waals surface area contributed by atoms with E-state index in [1.54, 1.807) is 18.2 Å². The second-order valence-corrected chi connectivity index (χ2v) is 4.42. The molecule has 1 unspecified atom stereocenters. The topological polar surface area (TPSA) is 74.2 Å². The van der Waals surface area contributed by atoms with Crippen LogP contribution in [0.3, 0.4) is 0 Å². The first-order valence-corrected chi connectivity index (χ1v) is 6.54. The van der Waals surface area contributed by atoms with E-state index in [1.165, 1.54) is 0 Å². The van der Waals surface area contributed by atoms with Gasteiger partial charge in [-0.3, -0.25) is 0 Å². The van der Waals surface area contributed by atoms with Crippen molar-refractivity contribution in [3.63, 3.8) is 0 Å². The maximum atomic E-state index is 5.97. The van der Waals surface area contributed by atoms with Crippen molar-refractivity contribution in [2.75, 3.05) is 12.3 Å². The van der Waals surface area contributed by atoms with Gasteiger partial charge in [-0.05, 0) is 25.5 Å². The number of para-hydroxylation sites is 1. The number of benzene rings is 1. The first kappa shape index (κ1) is 13.8. The second kappa shape index (κ2) is 6.04. The minimum Gasteiger partial charge on any atom is -0.397 e. The number of aromatic nitrogens is 2. The Kier molecular flexibility index (Phi) is 4.39. The molecule has 19 heavy (non-hydrogen) atoms. The number of anilines is 1. The Morgan fingerprint density at radius 2 is 2.21 bits per heavy atom. The summed E-state index contributed by atoms with van der Waals surface area (Å²) in [7, 11) is 0. The minimum absolute atomic E-state index is 0.164. The fourth-order valence-corrected chi connectivity index (χ4v) is 1.95. The molecule has 0 aliphatic rings. The van der Waals surface area contributed by atoms with Gasteiger partial charge in [0.15, 0.2) is 0 Å². The summed E-state index contributed by atoms with van der Waals surface area (Å²) < 4.78 is 10.8. The summed E-state index contributed by atoms with van der Waals surface area (Å²) >= 11 is 5.97. The lowest BCUT2D eigenvalue weighted by Gasteiger charge is -2.09. The van der Waals surface area contributed by atoms with Crippen molar-refractivity contribution in [1.29, 1.82) is 0 Å². The van der Waals surface area contributed by atoms with Gasteiger partial charge in [-0.2, -0.15) is 4.98 Å². The number of nitrogen functional groups attached to an aromatic ring is 1. The predicted octanol–water partition coefficient (Wildman–Crippen LogP) is 3.46. The van der Waals surface area contributed by atoms with Gasteiger partial charge in [-0.25, -0.2) is 0 Å². The number of rotatable bonds is 5. The standard InChI is InChI=1S/C13H16ClN3O2/c1-3-10(18-4-2)12-16-13(19-17-12)8-6-5-7-9(14)11(8)15/h5-7,10H,3-4,15H2,1-2H3. The maximum absolute atomic E-state index is 5.97. The number of hydrogen-bond acceptors (Lipinski definition) is 5. The monoisotopic (exact) mass is 281 g/mol. The van der Waals surface area contributed by atoms with Crippen LogP contribution in [-0.4, -0.2) is 16.7 Å². The van der Waals surface area contributed by atoms with E-state index in [0.29, 0.717) is 34.6 Å². The molecule has 6 heteroatoms. The molecule has 0 amide bonds. The first-order chi connectivity index (χ1) is 9.17. The highest BCUT2D eigenvalue weighted by molar-refractivity contribution is 6.33. The largest absolute Gasteiger partial charge is 0.397 e. The van der Waals surface area contributed by atoms with Crippen molar-refractivity contribution in [2.24, 2.45) is 0 Å². The third-order valence-corrected chi connectivity index (χ3v) is 3.08. The van der Waals surface area contributed by atoms with E-state index in [0.717, 1.165) is 6.42 Å². The molecule has 0 saturated heterocycles. The normalized spacial score (nSPS) is 12.6. The molecule has 1 aromatic carbocycles. The fourth-order valence-electron chi connectivity index (χ4n) is 1.77. The van der Waals surface area contributed by atoms with E-state index in [2.05, 4.69) is 10.1 Å². The van der Waals surface area contributed by atoms with Gasteiger partial charge in [0.25, 0.3) is 5.89 Å². The molecule has 1 atom stereocenters. The van der Waals surface area contributed by atoms with E-state index < -0.39 is 0 Å². The summed E-state index contributed by atoms with van der Waals surface area (Å²) in [5.41, 5.74) is 6.97. The Bertz CT molecular complexity index is 557. The van der Waals surface area contributed by atoms with Gasteiger partial charge in [-0.15, -0.1) is 0 Å². The summed E-state index contributed by atoms with van der Waals surface area (Å²) in [5, 5.41) is 4.41. The summed E-state index contributed by atoms with van der Waals surface area (Å²) in [4.78, 5) is 4.33. The molecule has 1 aromatic heterocycles. The van der Waals surface area contributed by atoms with E-state index in [9.17, 15) is 0 Å². The molecule has 1 heterocycles. The smallest absolute Gasteiger partial charge is 0.260 e. The summed E-state index contributed by atoms with van der Waals surface area (Å²) in [6.07, 6.45) is 0.612. The average molecular weight is 282 g/mol. The lowest BCUT2D eigenvalue weighted by Crippen LogP contribution is -2.04. The van der Waals surface area contributed by atoms with Gasteiger partial charge in [0, 0.05) is 6.61 Å². The number of halogens is 1. The lowest BCUT2D eigenvalue weighted by molar-refractivity contribution is 0.0518. The number of hydrogen-bond donors (Lipinski definition) is 1. The number of ether oxygens (including phenoxy) is 1. The fraction of sp³-hybridized carbons (Fsp3) is 0.385. The van der Waals surface area contributed by atoms with Crippen molar-refractivity contribution in [3.8, 4) is 11.5 Å². The van der Waals surface area contributed by atoms with Gasteiger partial charge < -0.3 is 15.0 Å². The number of nitrogens with two attached hydrogens (primary N) is 1. The van der Waals surface area contributed by atoms with Crippen LogP contribution in [0.15, 0.2) is 22.7 Å². The van der Waals surface area contributed by atoms with Crippen LogP contribution >= 0.6 is 11.6 Å².